The van der Waals surface area contributed by atoms with Gasteiger partial charge in [0.05, 0.1) is 5.39 Å². The molecule has 14 heteroatoms. The molecule has 3 aromatic heterocycles. The number of fused-ring (bicyclic) bond motifs is 1. The lowest BCUT2D eigenvalue weighted by Gasteiger charge is -2.30. The molecule has 9 nitrogen and oxygen atoms in total. The van der Waals surface area contributed by atoms with Gasteiger partial charge in [0.25, 0.3) is 0 Å². The Hall–Kier alpha value is -3.70. The Balaban J connectivity index is 1.45. The Morgan fingerprint density at radius 1 is 1.07 bits per heavy atom. The molecule has 0 spiro atoms. The molecule has 1 aliphatic rings. The summed E-state index contributed by atoms with van der Waals surface area (Å²) in [5.74, 6) is -0.824. The van der Waals surface area contributed by atoms with Crippen molar-refractivity contribution in [3.63, 3.8) is 0 Å². The Bertz CT molecular complexity index is 1580. The summed E-state index contributed by atoms with van der Waals surface area (Å²) in [6, 6.07) is 8.98. The highest BCUT2D eigenvalue weighted by atomic mass is 31.2. The van der Waals surface area contributed by atoms with Crippen molar-refractivity contribution in [2.75, 3.05) is 38.8 Å². The average Bonchev–Trinajstić information content (AvgIpc) is 3.21. The zero-order valence-corrected chi connectivity index (χ0v) is 22.8. The molecular formula is C26H27F4N6O3P. The van der Waals surface area contributed by atoms with E-state index in [1.54, 1.807) is 31.5 Å². The lowest BCUT2D eigenvalue weighted by molar-refractivity contribution is -0.275. The van der Waals surface area contributed by atoms with Crippen molar-refractivity contribution in [2.24, 2.45) is 0 Å². The SMILES string of the molecule is CN1CCC(Oc2ccc(Nc3ncc4c(F)cn(-c5cccc(P(C)(C)=O)n5)c4n3)cc2OC(F)(F)F)CC1. The van der Waals surface area contributed by atoms with Crippen molar-refractivity contribution in [3.8, 4) is 17.3 Å². The molecule has 0 bridgehead atoms. The first-order valence-corrected chi connectivity index (χ1v) is 15.0. The molecule has 1 aromatic carbocycles. The molecule has 1 N–H and O–H groups in total. The van der Waals surface area contributed by atoms with Crippen LogP contribution in [-0.2, 0) is 4.57 Å². The van der Waals surface area contributed by atoms with E-state index in [1.807, 2.05) is 7.05 Å². The van der Waals surface area contributed by atoms with Crippen molar-refractivity contribution in [1.29, 1.82) is 0 Å². The third-order valence-electron chi connectivity index (χ3n) is 6.40. The number of nitrogens with zero attached hydrogens (tertiary/aromatic N) is 5. The molecule has 0 unspecified atom stereocenters. The molecule has 1 fully saturated rings. The standard InChI is InChI=1S/C26H27F4N6O3P/c1-35-11-9-17(10-12-35)38-20-8-7-16(13-21(20)39-26(28,29)30)32-25-31-14-18-19(27)15-36(24(18)34-25)22-5-4-6-23(33-22)40(2,3)37/h4-8,13-15,17H,9-12H2,1-3H3,(H,31,32,34). The Kier molecular flexibility index (Phi) is 7.45. The molecule has 0 amide bonds. The van der Waals surface area contributed by atoms with Gasteiger partial charge in [-0.05, 0) is 57.5 Å². The first kappa shape index (κ1) is 27.9. The minimum absolute atomic E-state index is 0.00149. The fraction of sp³-hybridized carbons (Fsp3) is 0.346. The first-order valence-electron chi connectivity index (χ1n) is 12.4. The van der Waals surface area contributed by atoms with Crippen LogP contribution < -0.4 is 20.2 Å². The highest BCUT2D eigenvalue weighted by molar-refractivity contribution is 7.69. The van der Waals surface area contributed by atoms with Gasteiger partial charge in [-0.3, -0.25) is 4.57 Å². The van der Waals surface area contributed by atoms with Crippen LogP contribution in [-0.4, -0.2) is 70.4 Å². The van der Waals surface area contributed by atoms with Gasteiger partial charge in [-0.2, -0.15) is 4.98 Å². The minimum atomic E-state index is -4.93. The number of nitrogens with one attached hydrogen (secondary N) is 1. The van der Waals surface area contributed by atoms with Crippen molar-refractivity contribution in [1.82, 2.24) is 24.4 Å². The Morgan fingerprint density at radius 3 is 2.52 bits per heavy atom. The molecule has 0 atom stereocenters. The number of aromatic nitrogens is 4. The smallest absolute Gasteiger partial charge is 0.486 e. The fourth-order valence-corrected chi connectivity index (χ4v) is 5.14. The van der Waals surface area contributed by atoms with Crippen molar-refractivity contribution in [2.45, 2.75) is 25.3 Å². The molecule has 0 saturated carbocycles. The van der Waals surface area contributed by atoms with Crippen LogP contribution in [0.2, 0.25) is 0 Å². The van der Waals surface area contributed by atoms with Gasteiger partial charge in [0.1, 0.15) is 24.5 Å². The zero-order chi connectivity index (χ0) is 28.7. The van der Waals surface area contributed by atoms with E-state index < -0.39 is 25.1 Å². The third-order valence-corrected chi connectivity index (χ3v) is 7.75. The maximum absolute atomic E-state index is 14.7. The Labute approximate surface area is 227 Å². The number of pyridine rings is 1. The summed E-state index contributed by atoms with van der Waals surface area (Å²) >= 11 is 0. The van der Waals surface area contributed by atoms with Gasteiger partial charge in [0.2, 0.25) is 5.95 Å². The van der Waals surface area contributed by atoms with E-state index in [1.165, 1.54) is 29.1 Å². The quantitative estimate of drug-likeness (QED) is 0.233. The van der Waals surface area contributed by atoms with E-state index in [0.29, 0.717) is 24.1 Å². The molecule has 0 radical (unpaired) electrons. The number of ether oxygens (including phenoxy) is 2. The molecule has 212 valence electrons. The van der Waals surface area contributed by atoms with E-state index in [4.69, 9.17) is 4.74 Å². The van der Waals surface area contributed by atoms with Crippen LogP contribution in [0.15, 0.2) is 48.8 Å². The van der Waals surface area contributed by atoms with Gasteiger partial charge in [-0.15, -0.1) is 13.2 Å². The van der Waals surface area contributed by atoms with Crippen LogP contribution in [0.25, 0.3) is 16.9 Å². The number of likely N-dealkylation sites (tertiary alicyclic amines) is 1. The van der Waals surface area contributed by atoms with E-state index in [9.17, 15) is 22.1 Å². The summed E-state index contributed by atoms with van der Waals surface area (Å²) in [7, 11) is -0.707. The van der Waals surface area contributed by atoms with Crippen LogP contribution in [0.1, 0.15) is 12.8 Å². The molecule has 4 aromatic rings. The van der Waals surface area contributed by atoms with Crippen LogP contribution in [0.3, 0.4) is 0 Å². The van der Waals surface area contributed by atoms with Crippen molar-refractivity contribution >= 4 is 35.2 Å². The molecule has 5 rings (SSSR count). The topological polar surface area (TPSA) is 94.4 Å². The summed E-state index contributed by atoms with van der Waals surface area (Å²) in [6.07, 6.45) is -1.36. The van der Waals surface area contributed by atoms with Crippen LogP contribution >= 0.6 is 7.14 Å². The molecular weight excluding hydrogens is 551 g/mol. The maximum Gasteiger partial charge on any atom is 0.573 e. The van der Waals surface area contributed by atoms with Gasteiger partial charge < -0.3 is 24.3 Å². The molecule has 40 heavy (non-hydrogen) atoms. The van der Waals surface area contributed by atoms with Gasteiger partial charge in [-0.1, -0.05) is 6.07 Å². The van der Waals surface area contributed by atoms with Crippen LogP contribution in [0.5, 0.6) is 11.5 Å². The predicted molar refractivity (Wildman–Crippen MR) is 143 cm³/mol. The number of rotatable bonds is 7. The molecule has 0 aliphatic carbocycles. The minimum Gasteiger partial charge on any atom is -0.486 e. The molecule has 4 heterocycles. The second-order valence-electron chi connectivity index (χ2n) is 9.94. The van der Waals surface area contributed by atoms with Gasteiger partial charge >= 0.3 is 6.36 Å². The monoisotopic (exact) mass is 578 g/mol. The third kappa shape index (κ3) is 6.37. The lowest BCUT2D eigenvalue weighted by atomic mass is 10.1. The van der Waals surface area contributed by atoms with Crippen molar-refractivity contribution < 1.29 is 31.6 Å². The second-order valence-corrected chi connectivity index (χ2v) is 13.1. The number of anilines is 2. The number of piperidine rings is 1. The number of alkyl halides is 3. The normalized spacial score (nSPS) is 15.4. The number of hydrogen-bond donors (Lipinski definition) is 1. The highest BCUT2D eigenvalue weighted by Gasteiger charge is 2.33. The maximum atomic E-state index is 14.7. The highest BCUT2D eigenvalue weighted by Crippen LogP contribution is 2.37. The van der Waals surface area contributed by atoms with E-state index >= 15 is 0 Å². The Morgan fingerprint density at radius 2 is 1.82 bits per heavy atom. The van der Waals surface area contributed by atoms with E-state index in [0.717, 1.165) is 19.2 Å². The molecule has 1 saturated heterocycles. The van der Waals surface area contributed by atoms with E-state index in [-0.39, 0.29) is 34.5 Å². The zero-order valence-electron chi connectivity index (χ0n) is 21.9. The largest absolute Gasteiger partial charge is 0.573 e. The van der Waals surface area contributed by atoms with Crippen LogP contribution in [0, 0.1) is 5.82 Å². The van der Waals surface area contributed by atoms with Crippen LogP contribution in [0.4, 0.5) is 29.2 Å². The van der Waals surface area contributed by atoms with Crippen molar-refractivity contribution in [3.05, 3.63) is 54.6 Å². The fourth-order valence-electron chi connectivity index (χ4n) is 4.35. The first-order chi connectivity index (χ1) is 18.9. The van der Waals surface area contributed by atoms with Gasteiger partial charge in [0.15, 0.2) is 23.0 Å². The number of benzene rings is 1. The summed E-state index contributed by atoms with van der Waals surface area (Å²) in [5, 5.41) is 2.96. The summed E-state index contributed by atoms with van der Waals surface area (Å²) in [6.45, 7) is 4.72. The lowest BCUT2D eigenvalue weighted by Crippen LogP contribution is -2.35. The van der Waals surface area contributed by atoms with Gasteiger partial charge in [-0.25, -0.2) is 14.4 Å². The summed E-state index contributed by atoms with van der Waals surface area (Å²) in [4.78, 5) is 15.0. The summed E-state index contributed by atoms with van der Waals surface area (Å²) < 4.78 is 78.4. The van der Waals surface area contributed by atoms with Gasteiger partial charge in [0, 0.05) is 37.2 Å². The predicted octanol–water partition coefficient (Wildman–Crippen LogP) is 5.32. The average molecular weight is 579 g/mol. The second kappa shape index (κ2) is 10.7. The number of halogens is 4. The van der Waals surface area contributed by atoms with E-state index in [2.05, 4.69) is 29.9 Å². The molecule has 1 aliphatic heterocycles. The summed E-state index contributed by atoms with van der Waals surface area (Å²) in [5.41, 5.74) is 0.737. The number of hydrogen-bond acceptors (Lipinski definition) is 8.